The zero-order valence-electron chi connectivity index (χ0n) is 11.0. The van der Waals surface area contributed by atoms with Crippen molar-refractivity contribution in [3.8, 4) is 0 Å². The maximum absolute atomic E-state index is 13.2. The topological polar surface area (TPSA) is 57.6 Å². The van der Waals surface area contributed by atoms with Crippen LogP contribution in [0.2, 0.25) is 0 Å². The van der Waals surface area contributed by atoms with Gasteiger partial charge < -0.3 is 10.0 Å². The molecule has 2 saturated carbocycles. The fourth-order valence-electron chi connectivity index (χ4n) is 2.56. The van der Waals surface area contributed by atoms with E-state index in [0.717, 1.165) is 18.4 Å². The Balaban J connectivity index is 1.70. The Morgan fingerprint density at radius 1 is 1.30 bits per heavy atom. The summed E-state index contributed by atoms with van der Waals surface area (Å²) >= 11 is 0. The highest BCUT2D eigenvalue weighted by molar-refractivity contribution is 5.89. The summed E-state index contributed by atoms with van der Waals surface area (Å²) < 4.78 is 13.2. The summed E-state index contributed by atoms with van der Waals surface area (Å²) in [5.41, 5.74) is 0.748. The van der Waals surface area contributed by atoms with E-state index in [4.69, 9.17) is 5.11 Å². The molecule has 0 spiro atoms. The lowest BCUT2D eigenvalue weighted by atomic mass is 10.2. The first-order valence-electron chi connectivity index (χ1n) is 6.84. The summed E-state index contributed by atoms with van der Waals surface area (Å²) in [7, 11) is 0. The number of carboxylic acids is 1. The van der Waals surface area contributed by atoms with E-state index in [9.17, 15) is 14.0 Å². The number of rotatable bonds is 5. The van der Waals surface area contributed by atoms with Gasteiger partial charge in [0.15, 0.2) is 0 Å². The molecule has 4 nitrogen and oxygen atoms in total. The van der Waals surface area contributed by atoms with E-state index in [2.05, 4.69) is 0 Å². The van der Waals surface area contributed by atoms with E-state index in [-0.39, 0.29) is 23.7 Å². The quantitative estimate of drug-likeness (QED) is 0.896. The molecule has 0 heterocycles. The lowest BCUT2D eigenvalue weighted by Gasteiger charge is -2.22. The molecular formula is C15H16FNO3. The number of carbonyl (C=O) groups excluding carboxylic acids is 1. The summed E-state index contributed by atoms with van der Waals surface area (Å²) in [5.74, 6) is -2.23. The molecule has 1 N–H and O–H groups in total. The predicted molar refractivity (Wildman–Crippen MR) is 69.2 cm³/mol. The molecule has 2 aliphatic rings. The van der Waals surface area contributed by atoms with Gasteiger partial charge in [-0.15, -0.1) is 0 Å². The molecule has 5 heteroatoms. The number of carboxylic acid groups (broad SMARTS) is 1. The second-order valence-electron chi connectivity index (χ2n) is 5.61. The minimum Gasteiger partial charge on any atom is -0.481 e. The molecule has 0 saturated heterocycles. The number of carbonyl (C=O) groups is 2. The Kier molecular flexibility index (Phi) is 3.20. The number of hydrogen-bond acceptors (Lipinski definition) is 2. The van der Waals surface area contributed by atoms with Gasteiger partial charge in [0.1, 0.15) is 5.82 Å². The number of halogens is 1. The summed E-state index contributed by atoms with van der Waals surface area (Å²) in [6, 6.07) is 6.39. The van der Waals surface area contributed by atoms with E-state index in [1.165, 1.54) is 12.1 Å². The molecule has 0 radical (unpaired) electrons. The number of hydrogen-bond donors (Lipinski definition) is 1. The van der Waals surface area contributed by atoms with Crippen molar-refractivity contribution in [1.29, 1.82) is 0 Å². The number of benzene rings is 1. The number of nitrogens with zero attached hydrogens (tertiary/aromatic N) is 1. The van der Waals surface area contributed by atoms with Crippen molar-refractivity contribution in [2.75, 3.05) is 0 Å². The lowest BCUT2D eigenvalue weighted by molar-refractivity contribution is -0.142. The van der Waals surface area contributed by atoms with Gasteiger partial charge in [0.25, 0.3) is 0 Å². The molecule has 0 aromatic heterocycles. The minimum absolute atomic E-state index is 0.0934. The average molecular weight is 277 g/mol. The molecule has 1 amide bonds. The maximum atomic E-state index is 13.2. The molecule has 0 aliphatic heterocycles. The zero-order valence-corrected chi connectivity index (χ0v) is 11.0. The minimum atomic E-state index is -0.898. The molecule has 1 aromatic carbocycles. The molecular weight excluding hydrogens is 261 g/mol. The van der Waals surface area contributed by atoms with Crippen molar-refractivity contribution in [2.24, 2.45) is 11.8 Å². The standard InChI is InChI=1S/C15H16FNO3/c16-10-3-1-2-9(6-10)8-17(11-4-5-11)14(18)12-7-13(12)15(19)20/h1-3,6,11-13H,4-5,7-8H2,(H,19,20)/t12-,13+/m1/s1. The largest absolute Gasteiger partial charge is 0.481 e. The first-order valence-corrected chi connectivity index (χ1v) is 6.84. The van der Waals surface area contributed by atoms with E-state index in [1.54, 1.807) is 17.0 Å². The van der Waals surface area contributed by atoms with Crippen molar-refractivity contribution in [3.05, 3.63) is 35.6 Å². The molecule has 2 aliphatic carbocycles. The van der Waals surface area contributed by atoms with Crippen LogP contribution in [0.5, 0.6) is 0 Å². The van der Waals surface area contributed by atoms with Crippen LogP contribution in [0.3, 0.4) is 0 Å². The van der Waals surface area contributed by atoms with Crippen LogP contribution in [0.4, 0.5) is 4.39 Å². The molecule has 2 fully saturated rings. The third-order valence-corrected chi connectivity index (χ3v) is 3.94. The first kappa shape index (κ1) is 13.1. The normalized spacial score (nSPS) is 24.2. The van der Waals surface area contributed by atoms with Gasteiger partial charge in [-0.05, 0) is 37.0 Å². The van der Waals surface area contributed by atoms with E-state index in [1.807, 2.05) is 0 Å². The Bertz CT molecular complexity index is 556. The van der Waals surface area contributed by atoms with Gasteiger partial charge in [0.2, 0.25) is 5.91 Å². The summed E-state index contributed by atoms with van der Waals surface area (Å²) in [6.07, 6.45) is 2.33. The fraction of sp³-hybridized carbons (Fsp3) is 0.467. The van der Waals surface area contributed by atoms with Crippen molar-refractivity contribution >= 4 is 11.9 Å². The Morgan fingerprint density at radius 2 is 2.05 bits per heavy atom. The van der Waals surface area contributed by atoms with Gasteiger partial charge in [-0.2, -0.15) is 0 Å². The van der Waals surface area contributed by atoms with E-state index < -0.39 is 11.9 Å². The van der Waals surface area contributed by atoms with Crippen LogP contribution in [0, 0.1) is 17.7 Å². The molecule has 20 heavy (non-hydrogen) atoms. The van der Waals surface area contributed by atoms with Crippen LogP contribution in [0.15, 0.2) is 24.3 Å². The van der Waals surface area contributed by atoms with Gasteiger partial charge in [-0.1, -0.05) is 12.1 Å². The lowest BCUT2D eigenvalue weighted by Crippen LogP contribution is -2.34. The smallest absolute Gasteiger partial charge is 0.307 e. The Labute approximate surface area is 116 Å². The molecule has 3 rings (SSSR count). The average Bonchev–Trinajstić information content (AvgIpc) is 3.28. The van der Waals surface area contributed by atoms with E-state index >= 15 is 0 Å². The van der Waals surface area contributed by atoms with Crippen molar-refractivity contribution in [2.45, 2.75) is 31.8 Å². The highest BCUT2D eigenvalue weighted by atomic mass is 19.1. The second-order valence-corrected chi connectivity index (χ2v) is 5.61. The van der Waals surface area contributed by atoms with E-state index in [0.29, 0.717) is 13.0 Å². The van der Waals surface area contributed by atoms with Crippen LogP contribution in [0.25, 0.3) is 0 Å². The van der Waals surface area contributed by atoms with Crippen molar-refractivity contribution < 1.29 is 19.1 Å². The summed E-state index contributed by atoms with van der Waals surface area (Å²) in [5, 5.41) is 8.91. The Hall–Kier alpha value is -1.91. The third kappa shape index (κ3) is 2.66. The highest BCUT2D eigenvalue weighted by Crippen LogP contribution is 2.42. The van der Waals surface area contributed by atoms with Gasteiger partial charge in [-0.3, -0.25) is 9.59 Å². The van der Waals surface area contributed by atoms with Crippen molar-refractivity contribution in [1.82, 2.24) is 4.90 Å². The maximum Gasteiger partial charge on any atom is 0.307 e. The zero-order chi connectivity index (χ0) is 14.3. The highest BCUT2D eigenvalue weighted by Gasteiger charge is 2.51. The number of amides is 1. The molecule has 1 aromatic rings. The fourth-order valence-corrected chi connectivity index (χ4v) is 2.56. The predicted octanol–water partition coefficient (Wildman–Crippen LogP) is 2.04. The van der Waals surface area contributed by atoms with Crippen LogP contribution in [-0.4, -0.2) is 27.9 Å². The monoisotopic (exact) mass is 277 g/mol. The van der Waals surface area contributed by atoms with Crippen LogP contribution >= 0.6 is 0 Å². The second kappa shape index (κ2) is 4.89. The molecule has 0 unspecified atom stereocenters. The summed E-state index contributed by atoms with van der Waals surface area (Å²) in [4.78, 5) is 25.0. The number of aliphatic carboxylic acids is 1. The van der Waals surface area contributed by atoms with Gasteiger partial charge >= 0.3 is 5.97 Å². The SMILES string of the molecule is O=C(O)[C@H]1C[C@H]1C(=O)N(Cc1cccc(F)c1)C1CC1. The molecule has 0 bridgehead atoms. The van der Waals surface area contributed by atoms with Crippen LogP contribution in [-0.2, 0) is 16.1 Å². The van der Waals surface area contributed by atoms with Crippen LogP contribution < -0.4 is 0 Å². The third-order valence-electron chi connectivity index (χ3n) is 3.94. The van der Waals surface area contributed by atoms with Gasteiger partial charge in [0.05, 0.1) is 11.8 Å². The van der Waals surface area contributed by atoms with Gasteiger partial charge in [0, 0.05) is 12.6 Å². The van der Waals surface area contributed by atoms with Crippen molar-refractivity contribution in [3.63, 3.8) is 0 Å². The van der Waals surface area contributed by atoms with Crippen LogP contribution in [0.1, 0.15) is 24.8 Å². The van der Waals surface area contributed by atoms with Gasteiger partial charge in [-0.25, -0.2) is 4.39 Å². The molecule has 2 atom stereocenters. The first-order chi connectivity index (χ1) is 9.56. The Morgan fingerprint density at radius 3 is 2.60 bits per heavy atom. The summed E-state index contributed by atoms with van der Waals surface area (Å²) in [6.45, 7) is 0.365. The molecule has 106 valence electrons.